The van der Waals surface area contributed by atoms with E-state index in [-0.39, 0.29) is 98.8 Å². The van der Waals surface area contributed by atoms with Crippen LogP contribution in [0.4, 0.5) is 46.9 Å². The molecule has 6 aromatic rings. The van der Waals surface area contributed by atoms with Crippen LogP contribution in [0, 0.1) is 5.82 Å². The zero-order chi connectivity index (χ0) is 69.9. The third-order valence-corrected chi connectivity index (χ3v) is 20.3. The standard InChI is InChI=1S/C76H87F7N8O8.3ClH/c1-86(37-13-38-91(62-29-30-62)71(95)54-21-27-61(28-22-54)84-36-12-4-7-20-68(92)87(2)44-45-88-39-31-63(32-40-88)99-72(96)85-66-19-11-9-17-64(66)53-14-5-3-6-15-53)69(93)50-97-67-48-55-16-8-10-18-65(55)73(67)33-41-89(42-34-73)43-35-74(57-23-25-60(77)26-24-57)51-90(52-98-74)70(94)56-46-58(75(78,79)80)49-59(47-56)76(81,82)83;;;/h3,5-6,8-11,14-19,21-28,46-47,49,62-63,67,84H,4,7,12-13,20,29-45,48,50-52H2,1-2H3,(H,85,96);3*1H/t67-,74-;;;/m0.../s1. The van der Waals surface area contributed by atoms with Crippen LogP contribution in [0.15, 0.2) is 146 Å². The van der Waals surface area contributed by atoms with Crippen molar-refractivity contribution in [2.45, 2.75) is 125 Å². The van der Waals surface area contributed by atoms with Crippen LogP contribution >= 0.6 is 37.2 Å². The van der Waals surface area contributed by atoms with E-state index >= 15 is 0 Å². The van der Waals surface area contributed by atoms with Crippen LogP contribution in [0.25, 0.3) is 11.1 Å². The molecule has 5 aliphatic rings. The highest BCUT2D eigenvalue weighted by atomic mass is 35.5. The number of halogens is 10. The van der Waals surface area contributed by atoms with Crippen LogP contribution in [0.3, 0.4) is 0 Å². The zero-order valence-corrected chi connectivity index (χ0v) is 59.7. The average molecular weight is 1480 g/mol. The smallest absolute Gasteiger partial charge is 0.416 e. The van der Waals surface area contributed by atoms with Gasteiger partial charge in [0.25, 0.3) is 11.8 Å². The Labute approximate surface area is 610 Å². The highest BCUT2D eigenvalue weighted by Crippen LogP contribution is 2.49. The second-order valence-electron chi connectivity index (χ2n) is 27.0. The summed E-state index contributed by atoms with van der Waals surface area (Å²) in [5.41, 5.74) is 1.29. The first kappa shape index (κ1) is 80.2. The van der Waals surface area contributed by atoms with Crippen LogP contribution in [0.1, 0.15) is 126 Å². The first-order chi connectivity index (χ1) is 47.5. The molecule has 2 aliphatic carbocycles. The van der Waals surface area contributed by atoms with Crippen LogP contribution in [-0.4, -0.2) is 177 Å². The first-order valence-electron chi connectivity index (χ1n) is 34.4. The number of anilines is 2. The number of piperidine rings is 2. The molecule has 2 N–H and O–H groups in total. The fourth-order valence-electron chi connectivity index (χ4n) is 14.3. The lowest BCUT2D eigenvalue weighted by Crippen LogP contribution is -2.50. The van der Waals surface area contributed by atoms with E-state index in [1.807, 2.05) is 103 Å². The fourth-order valence-corrected chi connectivity index (χ4v) is 14.3. The van der Waals surface area contributed by atoms with E-state index < -0.39 is 64.6 Å². The predicted octanol–water partition coefficient (Wildman–Crippen LogP) is 14.8. The molecule has 3 aliphatic heterocycles. The van der Waals surface area contributed by atoms with E-state index in [1.54, 1.807) is 16.8 Å². The third kappa shape index (κ3) is 20.3. The summed E-state index contributed by atoms with van der Waals surface area (Å²) in [5, 5.41) is 6.38. The molecule has 3 heterocycles. The number of fused-ring (bicyclic) bond motifs is 2. The van der Waals surface area contributed by atoms with Gasteiger partial charge in [0.1, 0.15) is 30.9 Å². The van der Waals surface area contributed by atoms with Crippen molar-refractivity contribution in [3.05, 3.63) is 190 Å². The summed E-state index contributed by atoms with van der Waals surface area (Å²) in [6.07, 6.45) is -2.09. The molecule has 0 aromatic heterocycles. The Balaban J connectivity index is 0.00000440. The van der Waals surface area contributed by atoms with E-state index in [0.29, 0.717) is 100 Å². The number of ether oxygens (including phenoxy) is 3. The lowest BCUT2D eigenvalue weighted by Gasteiger charge is -2.44. The lowest BCUT2D eigenvalue weighted by atomic mass is 9.72. The van der Waals surface area contributed by atoms with E-state index in [1.165, 1.54) is 29.8 Å². The summed E-state index contributed by atoms with van der Waals surface area (Å²) < 4.78 is 116. The number of likely N-dealkylation sites (tertiary alicyclic amines) is 2. The molecule has 4 fully saturated rings. The molecule has 2 atom stereocenters. The number of amides is 5. The van der Waals surface area contributed by atoms with Gasteiger partial charge in [-0.05, 0) is 167 Å². The number of likely N-dealkylation sites (N-methyl/N-ethyl adjacent to an activating group) is 2. The molecule has 5 amide bonds. The molecule has 26 heteroatoms. The van der Waals surface area contributed by atoms with Gasteiger partial charge in [0, 0.05) is 107 Å². The maximum atomic E-state index is 14.3. The molecular formula is C76H90Cl3F7N8O8. The maximum absolute atomic E-state index is 14.3. The second-order valence-corrected chi connectivity index (χ2v) is 27.0. The number of carbonyl (C=O) groups is 5. The van der Waals surface area contributed by atoms with Gasteiger partial charge >= 0.3 is 18.4 Å². The minimum atomic E-state index is -5.15. The van der Waals surface area contributed by atoms with Gasteiger partial charge in [0.2, 0.25) is 11.8 Å². The maximum Gasteiger partial charge on any atom is 0.416 e. The number of hydrogen-bond acceptors (Lipinski definition) is 11. The van der Waals surface area contributed by atoms with Crippen molar-refractivity contribution in [2.24, 2.45) is 0 Å². The van der Waals surface area contributed by atoms with E-state index in [4.69, 9.17) is 14.2 Å². The van der Waals surface area contributed by atoms with E-state index in [2.05, 4.69) is 32.6 Å². The summed E-state index contributed by atoms with van der Waals surface area (Å²) in [5.74, 6) is -1.70. The molecule has 6 aromatic carbocycles. The van der Waals surface area contributed by atoms with Crippen molar-refractivity contribution < 1.29 is 68.9 Å². The molecule has 102 heavy (non-hydrogen) atoms. The van der Waals surface area contributed by atoms with Gasteiger partial charge in [0.05, 0.1) is 29.5 Å². The minimum absolute atomic E-state index is 0. The Morgan fingerprint density at radius 2 is 1.28 bits per heavy atom. The molecule has 552 valence electrons. The molecule has 1 saturated carbocycles. The van der Waals surface area contributed by atoms with E-state index in [9.17, 15) is 54.7 Å². The SMILES string of the molecule is CN(CCN1CCC(OC(=O)Nc2ccccc2-c2ccccc2)CC1)C(=O)CCCCCNc1ccc(C(=O)N(CCCN(C)C(=O)CO[C@H]2Cc3ccccc3C23CCN(CC[C@@]2(c4ccc(F)cc4)CN(C(=O)c4cc(C(F)(F)F)cc(C(F)(F)F)c4)CO2)CC3)C2CC2)cc1.Cl.Cl.Cl. The molecule has 0 bridgehead atoms. The number of hydrogen-bond donors (Lipinski definition) is 2. The normalized spacial score (nSPS) is 18.2. The first-order valence-corrected chi connectivity index (χ1v) is 34.4. The van der Waals surface area contributed by atoms with Crippen LogP contribution in [-0.2, 0) is 53.6 Å². The number of para-hydroxylation sites is 1. The van der Waals surface area contributed by atoms with Crippen LogP contribution < -0.4 is 10.6 Å². The van der Waals surface area contributed by atoms with E-state index in [0.717, 1.165) is 98.4 Å². The molecular weight excluding hydrogens is 1390 g/mol. The van der Waals surface area contributed by atoms with Gasteiger partial charge in [-0.25, -0.2) is 9.18 Å². The minimum Gasteiger partial charge on any atom is -0.446 e. The number of alkyl halides is 6. The number of nitrogens with one attached hydrogen (secondary N) is 2. The van der Waals surface area contributed by atoms with Crippen LogP contribution in [0.2, 0.25) is 0 Å². The Hall–Kier alpha value is -7.51. The van der Waals surface area contributed by atoms with Crippen LogP contribution in [0.5, 0.6) is 0 Å². The van der Waals surface area contributed by atoms with Gasteiger partial charge in [0.15, 0.2) is 0 Å². The fraction of sp³-hybridized carbons (Fsp3) is 0.461. The number of rotatable bonds is 27. The number of nitrogens with zero attached hydrogens (tertiary/aromatic N) is 6. The summed E-state index contributed by atoms with van der Waals surface area (Å²) in [6.45, 7) is 5.46. The van der Waals surface area contributed by atoms with Crippen molar-refractivity contribution in [1.82, 2.24) is 29.4 Å². The Kier molecular flexibility index (Phi) is 28.1. The summed E-state index contributed by atoms with van der Waals surface area (Å²) >= 11 is 0. The monoisotopic (exact) mass is 1480 g/mol. The van der Waals surface area contributed by atoms with Gasteiger partial charge in [-0.3, -0.25) is 24.5 Å². The molecule has 3 saturated heterocycles. The summed E-state index contributed by atoms with van der Waals surface area (Å²) in [6, 6.07) is 39.7. The lowest BCUT2D eigenvalue weighted by molar-refractivity contribution is -0.143. The number of unbranched alkanes of at least 4 members (excludes halogenated alkanes) is 2. The number of benzene rings is 6. The highest BCUT2D eigenvalue weighted by Gasteiger charge is 2.50. The van der Waals surface area contributed by atoms with Crippen molar-refractivity contribution in [3.63, 3.8) is 0 Å². The van der Waals surface area contributed by atoms with Crippen molar-refractivity contribution in [3.8, 4) is 11.1 Å². The third-order valence-electron chi connectivity index (χ3n) is 20.3. The Morgan fingerprint density at radius 1 is 0.647 bits per heavy atom. The largest absolute Gasteiger partial charge is 0.446 e. The highest BCUT2D eigenvalue weighted by molar-refractivity contribution is 5.96. The second kappa shape index (κ2) is 35.8. The summed E-state index contributed by atoms with van der Waals surface area (Å²) in [4.78, 5) is 78.4. The van der Waals surface area contributed by atoms with Crippen molar-refractivity contribution >= 4 is 78.3 Å². The summed E-state index contributed by atoms with van der Waals surface area (Å²) in [7, 11) is 3.60. The molecule has 1 spiro atoms. The molecule has 11 rings (SSSR count). The number of carbonyl (C=O) groups excluding carboxylic acids is 5. The van der Waals surface area contributed by atoms with Crippen molar-refractivity contribution in [2.75, 3.05) is 110 Å². The quantitative estimate of drug-likeness (QED) is 0.0374. The predicted molar refractivity (Wildman–Crippen MR) is 384 cm³/mol. The van der Waals surface area contributed by atoms with Crippen molar-refractivity contribution in [1.29, 1.82) is 0 Å². The zero-order valence-electron chi connectivity index (χ0n) is 57.3. The average Bonchev–Trinajstić information content (AvgIpc) is 1.58. The van der Waals surface area contributed by atoms with Gasteiger partial charge < -0.3 is 48.9 Å². The molecule has 0 unspecified atom stereocenters. The Bertz CT molecular complexity index is 3740. The van der Waals surface area contributed by atoms with Gasteiger partial charge in [-0.15, -0.1) is 37.2 Å². The van der Waals surface area contributed by atoms with Gasteiger partial charge in [-0.2, -0.15) is 26.3 Å². The molecule has 0 radical (unpaired) electrons. The molecule has 16 nitrogen and oxygen atoms in total. The Morgan fingerprint density at radius 3 is 1.96 bits per heavy atom. The topological polar surface area (TPSA) is 157 Å². The van der Waals surface area contributed by atoms with Gasteiger partial charge in [-0.1, -0.05) is 91.3 Å².